The van der Waals surface area contributed by atoms with Gasteiger partial charge in [0, 0.05) is 48.7 Å². The number of thiophene rings is 1. The molecule has 1 N–H and O–H groups in total. The molecule has 198 valence electrons. The van der Waals surface area contributed by atoms with Crippen molar-refractivity contribution < 1.29 is 22.0 Å². The monoisotopic (exact) mass is 569 g/mol. The fourth-order valence-corrected chi connectivity index (χ4v) is 7.18. The maximum absolute atomic E-state index is 15.2. The van der Waals surface area contributed by atoms with Crippen LogP contribution >= 0.6 is 22.9 Å². The van der Waals surface area contributed by atoms with E-state index in [0.717, 1.165) is 4.88 Å². The molecule has 2 aliphatic heterocycles. The van der Waals surface area contributed by atoms with Crippen LogP contribution in [0.2, 0.25) is 4.34 Å². The molecule has 1 amide bonds. The van der Waals surface area contributed by atoms with Gasteiger partial charge in [-0.15, -0.1) is 11.3 Å². The Balaban J connectivity index is 1.24. The van der Waals surface area contributed by atoms with Gasteiger partial charge in [0.2, 0.25) is 15.9 Å². The van der Waals surface area contributed by atoms with Crippen LogP contribution in [0.4, 0.5) is 14.5 Å². The van der Waals surface area contributed by atoms with Gasteiger partial charge in [-0.2, -0.15) is 0 Å². The first-order valence-corrected chi connectivity index (χ1v) is 14.8. The Labute approximate surface area is 222 Å². The second-order valence-corrected chi connectivity index (χ2v) is 12.9. The summed E-state index contributed by atoms with van der Waals surface area (Å²) >= 11 is 7.21. The van der Waals surface area contributed by atoms with Gasteiger partial charge in [0.25, 0.3) is 0 Å². The van der Waals surface area contributed by atoms with Crippen molar-refractivity contribution in [3.05, 3.63) is 63.6 Å². The van der Waals surface area contributed by atoms with E-state index in [1.165, 1.54) is 28.4 Å². The average Bonchev–Trinajstić information content (AvgIpc) is 3.64. The lowest BCUT2D eigenvalue weighted by Crippen LogP contribution is -2.42. The van der Waals surface area contributed by atoms with Crippen LogP contribution in [0, 0.1) is 5.82 Å². The molecule has 2 aliphatic rings. The van der Waals surface area contributed by atoms with E-state index in [1.54, 1.807) is 35.2 Å². The normalized spacial score (nSPS) is 20.8. The van der Waals surface area contributed by atoms with E-state index in [9.17, 15) is 17.6 Å². The zero-order valence-electron chi connectivity index (χ0n) is 19.8. The summed E-state index contributed by atoms with van der Waals surface area (Å²) in [6.07, 6.45) is 3.50. The van der Waals surface area contributed by atoms with Crippen LogP contribution in [0.5, 0.6) is 0 Å². The maximum atomic E-state index is 15.2. The minimum Gasteiger partial charge on any atom is -0.308 e. The molecule has 8 nitrogen and oxygen atoms in total. The molecule has 2 atom stereocenters. The van der Waals surface area contributed by atoms with Crippen molar-refractivity contribution in [3.63, 3.8) is 0 Å². The molecule has 0 spiro atoms. The third-order valence-electron chi connectivity index (χ3n) is 6.57. The molecule has 4 heterocycles. The Morgan fingerprint density at radius 3 is 2.73 bits per heavy atom. The van der Waals surface area contributed by atoms with Crippen molar-refractivity contribution in [2.45, 2.75) is 38.0 Å². The number of nitrogens with zero attached hydrogens (tertiary/aromatic N) is 4. The molecule has 2 fully saturated rings. The number of nitrogens with one attached hydrogen (secondary N) is 1. The highest BCUT2D eigenvalue weighted by Crippen LogP contribution is 2.28. The van der Waals surface area contributed by atoms with Crippen LogP contribution in [0.3, 0.4) is 0 Å². The Morgan fingerprint density at radius 1 is 1.19 bits per heavy atom. The Morgan fingerprint density at radius 2 is 2.03 bits per heavy atom. The number of alkyl halides is 1. The van der Waals surface area contributed by atoms with Gasteiger partial charge >= 0.3 is 0 Å². The fourth-order valence-electron chi connectivity index (χ4n) is 4.71. The number of aromatic nitrogens is 2. The van der Waals surface area contributed by atoms with Crippen molar-refractivity contribution in [2.75, 3.05) is 30.3 Å². The first-order valence-electron chi connectivity index (χ1n) is 11.9. The number of likely N-dealkylation sites (tertiary alicyclic amines) is 1. The molecule has 37 heavy (non-hydrogen) atoms. The molecule has 5 rings (SSSR count). The van der Waals surface area contributed by atoms with Crippen LogP contribution in [0.25, 0.3) is 5.69 Å². The molecule has 13 heteroatoms. The standard InChI is InChI=1S/C24H26ClF2N5O3S2/c25-22-4-2-18(36-22)7-12-37(34,35)29-20-6-10-32(24(20)33)21-3-1-17(13-19(21)27)31-11-8-28-23(31)15-30-9-5-16(26)14-30/h1-4,8,11,13,16,20,29H,5-7,9-10,12,14-15H2. The smallest absolute Gasteiger partial charge is 0.245 e. The molecule has 2 saturated heterocycles. The second-order valence-electron chi connectivity index (χ2n) is 9.19. The zero-order chi connectivity index (χ0) is 26.2. The van der Waals surface area contributed by atoms with Crippen LogP contribution in [-0.4, -0.2) is 66.4 Å². The molecule has 2 unspecified atom stereocenters. The Kier molecular flexibility index (Phi) is 7.64. The Hall–Kier alpha value is -2.38. The molecule has 0 radical (unpaired) electrons. The fraction of sp³-hybridized carbons (Fsp3) is 0.417. The number of imidazole rings is 1. The van der Waals surface area contributed by atoms with E-state index < -0.39 is 34.0 Å². The van der Waals surface area contributed by atoms with E-state index in [0.29, 0.717) is 41.9 Å². The molecular formula is C24H26ClF2N5O3S2. The first-order chi connectivity index (χ1) is 17.7. The number of benzene rings is 1. The molecule has 3 aromatic rings. The van der Waals surface area contributed by atoms with Crippen molar-refractivity contribution >= 4 is 44.6 Å². The SMILES string of the molecule is O=C1C(NS(=O)(=O)CCc2ccc(Cl)s2)CCN1c1ccc(-n2ccnc2CN2CCC(F)C2)cc1F. The first kappa shape index (κ1) is 26.2. The average molecular weight is 570 g/mol. The van der Waals surface area contributed by atoms with Gasteiger partial charge in [0.1, 0.15) is 23.9 Å². The van der Waals surface area contributed by atoms with Gasteiger partial charge in [-0.05, 0) is 43.5 Å². The molecule has 0 saturated carbocycles. The number of carbonyl (C=O) groups excluding carboxylic acids is 1. The number of halogens is 3. The number of hydrogen-bond donors (Lipinski definition) is 1. The predicted octanol–water partition coefficient (Wildman–Crippen LogP) is 3.54. The van der Waals surface area contributed by atoms with Crippen LogP contribution < -0.4 is 9.62 Å². The maximum Gasteiger partial charge on any atom is 0.245 e. The number of rotatable bonds is 9. The summed E-state index contributed by atoms with van der Waals surface area (Å²) in [4.78, 5) is 21.4. The van der Waals surface area contributed by atoms with Gasteiger partial charge < -0.3 is 9.47 Å². The Bertz CT molecular complexity index is 1400. The van der Waals surface area contributed by atoms with Gasteiger partial charge in [0.15, 0.2) is 0 Å². The lowest BCUT2D eigenvalue weighted by atomic mass is 10.2. The number of sulfonamides is 1. The predicted molar refractivity (Wildman–Crippen MR) is 139 cm³/mol. The van der Waals surface area contributed by atoms with Crippen LogP contribution in [0.1, 0.15) is 23.5 Å². The highest BCUT2D eigenvalue weighted by atomic mass is 35.5. The summed E-state index contributed by atoms with van der Waals surface area (Å²) in [5.74, 6) is -0.605. The second kappa shape index (κ2) is 10.8. The minimum absolute atomic E-state index is 0.0881. The molecule has 1 aromatic carbocycles. The van der Waals surface area contributed by atoms with Gasteiger partial charge in [-0.25, -0.2) is 26.9 Å². The van der Waals surface area contributed by atoms with Gasteiger partial charge in [0.05, 0.1) is 22.3 Å². The number of anilines is 1. The molecule has 0 bridgehead atoms. The molecule has 0 aliphatic carbocycles. The largest absolute Gasteiger partial charge is 0.308 e. The summed E-state index contributed by atoms with van der Waals surface area (Å²) in [5.41, 5.74) is 0.618. The summed E-state index contributed by atoms with van der Waals surface area (Å²) < 4.78 is 58.6. The quantitative estimate of drug-likeness (QED) is 0.426. The summed E-state index contributed by atoms with van der Waals surface area (Å²) in [5, 5.41) is 0. The molecular weight excluding hydrogens is 544 g/mol. The third-order valence-corrected chi connectivity index (χ3v) is 9.25. The van der Waals surface area contributed by atoms with E-state index >= 15 is 4.39 Å². The lowest BCUT2D eigenvalue weighted by Gasteiger charge is -2.19. The van der Waals surface area contributed by atoms with Crippen molar-refractivity contribution in [3.8, 4) is 5.69 Å². The van der Waals surface area contributed by atoms with E-state index in [-0.39, 0.29) is 30.8 Å². The van der Waals surface area contributed by atoms with Gasteiger partial charge in [-0.1, -0.05) is 11.6 Å². The summed E-state index contributed by atoms with van der Waals surface area (Å²) in [6.45, 7) is 1.64. The minimum atomic E-state index is -3.72. The van der Waals surface area contributed by atoms with Crippen molar-refractivity contribution in [2.24, 2.45) is 0 Å². The van der Waals surface area contributed by atoms with Gasteiger partial charge in [-0.3, -0.25) is 9.69 Å². The van der Waals surface area contributed by atoms with E-state index in [4.69, 9.17) is 11.6 Å². The summed E-state index contributed by atoms with van der Waals surface area (Å²) in [6, 6.07) is 7.05. The van der Waals surface area contributed by atoms with Crippen molar-refractivity contribution in [1.29, 1.82) is 0 Å². The number of aryl methyl sites for hydroxylation is 1. The van der Waals surface area contributed by atoms with E-state index in [1.807, 2.05) is 4.90 Å². The zero-order valence-corrected chi connectivity index (χ0v) is 22.2. The highest BCUT2D eigenvalue weighted by molar-refractivity contribution is 7.89. The van der Waals surface area contributed by atoms with Crippen LogP contribution in [0.15, 0.2) is 42.7 Å². The van der Waals surface area contributed by atoms with E-state index in [2.05, 4.69) is 9.71 Å². The third kappa shape index (κ3) is 6.04. The molecule has 2 aromatic heterocycles. The lowest BCUT2D eigenvalue weighted by molar-refractivity contribution is -0.118. The van der Waals surface area contributed by atoms with Crippen LogP contribution in [-0.2, 0) is 27.8 Å². The number of amides is 1. The highest BCUT2D eigenvalue weighted by Gasteiger charge is 2.36. The topological polar surface area (TPSA) is 87.5 Å². The number of carbonyl (C=O) groups is 1. The summed E-state index contributed by atoms with van der Waals surface area (Å²) in [7, 11) is -3.72. The number of hydrogen-bond acceptors (Lipinski definition) is 6. The van der Waals surface area contributed by atoms with Crippen molar-refractivity contribution in [1.82, 2.24) is 19.2 Å².